The van der Waals surface area contributed by atoms with Gasteiger partial charge in [0.2, 0.25) is 0 Å². The molecule has 1 atom stereocenters. The SMILES string of the molecule is CN=C(NCCNC(=O)c1ccccc1Cl)NCC1CN(CC(C)C)CCO1.I. The average molecular weight is 538 g/mol. The third kappa shape index (κ3) is 9.50. The smallest absolute Gasteiger partial charge is 0.252 e. The van der Waals surface area contributed by atoms with Crippen molar-refractivity contribution in [3.05, 3.63) is 34.9 Å². The van der Waals surface area contributed by atoms with Crippen LogP contribution in [-0.4, -0.2) is 75.8 Å². The van der Waals surface area contributed by atoms with E-state index in [-0.39, 0.29) is 36.0 Å². The number of guanidine groups is 1. The number of nitrogens with one attached hydrogen (secondary N) is 3. The highest BCUT2D eigenvalue weighted by molar-refractivity contribution is 14.0. The molecule has 1 amide bonds. The van der Waals surface area contributed by atoms with Crippen molar-refractivity contribution < 1.29 is 9.53 Å². The summed E-state index contributed by atoms with van der Waals surface area (Å²) in [6, 6.07) is 7.00. The molecule has 0 radical (unpaired) electrons. The topological polar surface area (TPSA) is 78.0 Å². The van der Waals surface area contributed by atoms with E-state index in [1.54, 1.807) is 31.3 Å². The van der Waals surface area contributed by atoms with Gasteiger partial charge in [-0.3, -0.25) is 14.7 Å². The van der Waals surface area contributed by atoms with Gasteiger partial charge in [-0.15, -0.1) is 24.0 Å². The van der Waals surface area contributed by atoms with Crippen molar-refractivity contribution in [3.8, 4) is 0 Å². The van der Waals surface area contributed by atoms with Crippen molar-refractivity contribution in [1.82, 2.24) is 20.9 Å². The molecule has 7 nitrogen and oxygen atoms in total. The number of halogens is 2. The van der Waals surface area contributed by atoms with E-state index in [2.05, 4.69) is 39.7 Å². The molecule has 3 N–H and O–H groups in total. The molecule has 1 aliphatic rings. The zero-order valence-corrected chi connectivity index (χ0v) is 20.5. The molecular weight excluding hydrogens is 505 g/mol. The number of morpholine rings is 1. The fourth-order valence-corrected chi connectivity index (χ4v) is 3.34. The molecule has 1 aromatic carbocycles. The van der Waals surface area contributed by atoms with Gasteiger partial charge in [-0.25, -0.2) is 0 Å². The van der Waals surface area contributed by atoms with Gasteiger partial charge in [-0.1, -0.05) is 37.6 Å². The summed E-state index contributed by atoms with van der Waals surface area (Å²) in [5.74, 6) is 1.16. The van der Waals surface area contributed by atoms with Crippen LogP contribution in [0.5, 0.6) is 0 Å². The first-order chi connectivity index (χ1) is 13.5. The summed E-state index contributed by atoms with van der Waals surface area (Å²) in [6.45, 7) is 9.96. The number of nitrogens with zero attached hydrogens (tertiary/aromatic N) is 2. The predicted octanol–water partition coefficient (Wildman–Crippen LogP) is 2.21. The Bertz CT molecular complexity index is 660. The van der Waals surface area contributed by atoms with Crippen LogP contribution in [0.4, 0.5) is 0 Å². The summed E-state index contributed by atoms with van der Waals surface area (Å²) in [7, 11) is 1.73. The van der Waals surface area contributed by atoms with Crippen LogP contribution in [0.2, 0.25) is 5.02 Å². The molecule has 1 aromatic rings. The predicted molar refractivity (Wildman–Crippen MR) is 130 cm³/mol. The molecule has 0 bridgehead atoms. The van der Waals surface area contributed by atoms with E-state index in [1.165, 1.54) is 0 Å². The first kappa shape index (κ1) is 25.9. The number of carbonyl (C=O) groups is 1. The lowest BCUT2D eigenvalue weighted by molar-refractivity contribution is -0.0284. The van der Waals surface area contributed by atoms with Crippen LogP contribution in [0, 0.1) is 5.92 Å². The van der Waals surface area contributed by atoms with E-state index in [4.69, 9.17) is 16.3 Å². The third-order valence-electron chi connectivity index (χ3n) is 4.39. The number of rotatable bonds is 8. The largest absolute Gasteiger partial charge is 0.374 e. The van der Waals surface area contributed by atoms with E-state index in [0.29, 0.717) is 42.1 Å². The van der Waals surface area contributed by atoms with Crippen molar-refractivity contribution in [1.29, 1.82) is 0 Å². The lowest BCUT2D eigenvalue weighted by atomic mass is 10.2. The van der Waals surface area contributed by atoms with Gasteiger partial charge in [0, 0.05) is 46.3 Å². The highest BCUT2D eigenvalue weighted by atomic mass is 127. The maximum Gasteiger partial charge on any atom is 0.252 e. The van der Waals surface area contributed by atoms with E-state index in [9.17, 15) is 4.79 Å². The van der Waals surface area contributed by atoms with Crippen molar-refractivity contribution in [2.45, 2.75) is 20.0 Å². The zero-order chi connectivity index (χ0) is 20.4. The fourth-order valence-electron chi connectivity index (χ4n) is 3.11. The van der Waals surface area contributed by atoms with Crippen molar-refractivity contribution in [3.63, 3.8) is 0 Å². The quantitative estimate of drug-likeness (QED) is 0.205. The van der Waals surface area contributed by atoms with Gasteiger partial charge < -0.3 is 20.7 Å². The van der Waals surface area contributed by atoms with Crippen LogP contribution in [0.25, 0.3) is 0 Å². The Labute approximate surface area is 196 Å². The Hall–Kier alpha value is -1.10. The van der Waals surface area contributed by atoms with Crippen LogP contribution in [0.3, 0.4) is 0 Å². The first-order valence-electron chi connectivity index (χ1n) is 9.80. The van der Waals surface area contributed by atoms with Crippen LogP contribution in [0.15, 0.2) is 29.3 Å². The molecule has 0 spiro atoms. The second-order valence-corrected chi connectivity index (χ2v) is 7.67. The fraction of sp³-hybridized carbons (Fsp3) is 0.600. The lowest BCUT2D eigenvalue weighted by Crippen LogP contribution is -2.50. The van der Waals surface area contributed by atoms with Crippen molar-refractivity contribution in [2.24, 2.45) is 10.9 Å². The highest BCUT2D eigenvalue weighted by Crippen LogP contribution is 2.14. The maximum absolute atomic E-state index is 12.1. The van der Waals surface area contributed by atoms with Gasteiger partial charge in [0.1, 0.15) is 0 Å². The van der Waals surface area contributed by atoms with E-state index in [1.807, 2.05) is 0 Å². The number of hydrogen-bond donors (Lipinski definition) is 3. The Morgan fingerprint density at radius 3 is 2.69 bits per heavy atom. The third-order valence-corrected chi connectivity index (χ3v) is 4.72. The maximum atomic E-state index is 12.1. The molecule has 0 aliphatic carbocycles. The van der Waals surface area contributed by atoms with Gasteiger partial charge in [0.05, 0.1) is 23.3 Å². The van der Waals surface area contributed by atoms with Crippen LogP contribution in [-0.2, 0) is 4.74 Å². The molecular formula is C20H33ClIN5O2. The number of ether oxygens (including phenoxy) is 1. The van der Waals surface area contributed by atoms with E-state index >= 15 is 0 Å². The van der Waals surface area contributed by atoms with Crippen LogP contribution in [0.1, 0.15) is 24.2 Å². The number of aliphatic imine (C=N–C) groups is 1. The number of amides is 1. The summed E-state index contributed by atoms with van der Waals surface area (Å²) in [5, 5.41) is 9.79. The van der Waals surface area contributed by atoms with Crippen LogP contribution < -0.4 is 16.0 Å². The Morgan fingerprint density at radius 1 is 1.28 bits per heavy atom. The lowest BCUT2D eigenvalue weighted by Gasteiger charge is -2.34. The first-order valence-corrected chi connectivity index (χ1v) is 10.2. The summed E-state index contributed by atoms with van der Waals surface area (Å²) < 4.78 is 5.85. The second-order valence-electron chi connectivity index (χ2n) is 7.26. The minimum atomic E-state index is -0.184. The molecule has 0 aromatic heterocycles. The molecule has 1 saturated heterocycles. The van der Waals surface area contributed by atoms with Gasteiger partial charge in [0.25, 0.3) is 5.91 Å². The Kier molecular flexibility index (Phi) is 12.5. The van der Waals surface area contributed by atoms with Crippen molar-refractivity contribution >= 4 is 47.4 Å². The monoisotopic (exact) mass is 537 g/mol. The zero-order valence-electron chi connectivity index (χ0n) is 17.4. The molecule has 164 valence electrons. The second kappa shape index (κ2) is 14.0. The van der Waals surface area contributed by atoms with Gasteiger partial charge >= 0.3 is 0 Å². The summed E-state index contributed by atoms with van der Waals surface area (Å²) >= 11 is 6.04. The number of benzene rings is 1. The van der Waals surface area contributed by atoms with Crippen molar-refractivity contribution in [2.75, 3.05) is 52.9 Å². The molecule has 1 fully saturated rings. The Balaban J connectivity index is 0.00000420. The standard InChI is InChI=1S/C20H32ClN5O2.HI/c1-15(2)13-26-10-11-28-16(14-26)12-25-20(22-3)24-9-8-23-19(27)17-6-4-5-7-18(17)21;/h4-7,15-16H,8-14H2,1-3H3,(H,23,27)(H2,22,24,25);1H. The minimum absolute atomic E-state index is 0. The number of carbonyl (C=O) groups excluding carboxylic acids is 1. The normalized spacial score (nSPS) is 17.6. The molecule has 9 heteroatoms. The minimum Gasteiger partial charge on any atom is -0.374 e. The molecule has 1 aliphatic heterocycles. The van der Waals surface area contributed by atoms with Gasteiger partial charge in [-0.2, -0.15) is 0 Å². The van der Waals surface area contributed by atoms with Gasteiger partial charge in [0.15, 0.2) is 5.96 Å². The highest BCUT2D eigenvalue weighted by Gasteiger charge is 2.21. The molecule has 2 rings (SSSR count). The summed E-state index contributed by atoms with van der Waals surface area (Å²) in [6.07, 6.45) is 0.144. The molecule has 1 unspecified atom stereocenters. The summed E-state index contributed by atoms with van der Waals surface area (Å²) in [5.41, 5.74) is 0.479. The van der Waals surface area contributed by atoms with Crippen LogP contribution >= 0.6 is 35.6 Å². The Morgan fingerprint density at radius 2 is 2.00 bits per heavy atom. The molecule has 0 saturated carbocycles. The van der Waals surface area contributed by atoms with Gasteiger partial charge in [-0.05, 0) is 18.1 Å². The average Bonchev–Trinajstić information content (AvgIpc) is 2.67. The number of hydrogen-bond acceptors (Lipinski definition) is 4. The molecule has 29 heavy (non-hydrogen) atoms. The van der Waals surface area contributed by atoms with E-state index < -0.39 is 0 Å². The van der Waals surface area contributed by atoms with E-state index in [0.717, 1.165) is 26.2 Å². The summed E-state index contributed by atoms with van der Waals surface area (Å²) in [4.78, 5) is 18.8. The molecule has 1 heterocycles.